The van der Waals surface area contributed by atoms with E-state index >= 15 is 0 Å². The largest absolute Gasteiger partial charge is 0.437 e. The van der Waals surface area contributed by atoms with E-state index in [0.717, 1.165) is 30.7 Å². The van der Waals surface area contributed by atoms with Crippen molar-refractivity contribution in [1.29, 1.82) is 0 Å². The number of benzene rings is 2. The summed E-state index contributed by atoms with van der Waals surface area (Å²) in [6.45, 7) is -0.0319. The number of H-pyrrole nitrogens is 1. The minimum absolute atomic E-state index is 0.0319. The van der Waals surface area contributed by atoms with Crippen molar-refractivity contribution in [3.8, 4) is 0 Å². The molecule has 0 unspecified atom stereocenters. The Morgan fingerprint density at radius 2 is 1.20 bits per heavy atom. The fourth-order valence-electron chi connectivity index (χ4n) is 7.04. The van der Waals surface area contributed by atoms with Gasteiger partial charge in [0, 0.05) is 24.1 Å². The standard InChI is InChI=1S/C19H17ClN6O3.C13H12Cl2N2O2.C6H6N4O/c1-24-9-21-17-16(24)18(27)25(10-22-17)8-15-23-26(19(28)29-15)14-6-12(7-14)11-2-4-13(20)5-3-11;14-7-12-16-17(13(18)19-12)11-5-9(6-11)8-1-3-10(15)4-2-8;1-10-3-9-5-4(10)6(11)8-2-7-5/h2-5,9-10,12,14H,6-8H2,1H3;1-4,9,11H,5-7H2;2-3H,1H3,(H,7,8,11)/i9D;;3D. The van der Waals surface area contributed by atoms with E-state index in [-0.39, 0.29) is 71.2 Å². The number of nitrogens with one attached hydrogen (secondary N) is 1. The van der Waals surface area contributed by atoms with Gasteiger partial charge in [-0.15, -0.1) is 21.8 Å². The van der Waals surface area contributed by atoms with Crippen LogP contribution in [-0.2, 0) is 26.5 Å². The summed E-state index contributed by atoms with van der Waals surface area (Å²) in [5.41, 5.74) is 2.85. The Labute approximate surface area is 350 Å². The number of aromatic nitrogens is 12. The molecule has 2 aromatic carbocycles. The highest BCUT2D eigenvalue weighted by molar-refractivity contribution is 6.30. The Hall–Kier alpha value is -6.11. The maximum atomic E-state index is 12.7. The van der Waals surface area contributed by atoms with E-state index in [1.54, 1.807) is 14.1 Å². The normalized spacial score (nSPS) is 18.9. The van der Waals surface area contributed by atoms with E-state index in [0.29, 0.717) is 28.0 Å². The number of rotatable bonds is 7. The number of imidazole rings is 2. The molecule has 2 fully saturated rings. The zero-order chi connectivity index (χ0) is 43.1. The average molecular weight is 864 g/mol. The molecular weight excluding hydrogens is 827 g/mol. The van der Waals surface area contributed by atoms with E-state index in [9.17, 15) is 19.2 Å². The van der Waals surface area contributed by atoms with E-state index in [1.807, 2.05) is 48.5 Å². The van der Waals surface area contributed by atoms with Crippen LogP contribution in [0, 0.1) is 0 Å². The maximum absolute atomic E-state index is 12.7. The first-order valence-electron chi connectivity index (χ1n) is 19.3. The Kier molecular flexibility index (Phi) is 10.5. The number of fused-ring (bicyclic) bond motifs is 2. The molecule has 1 N–H and O–H groups in total. The van der Waals surface area contributed by atoms with Gasteiger partial charge in [-0.2, -0.15) is 9.36 Å². The van der Waals surface area contributed by atoms with Gasteiger partial charge < -0.3 is 23.0 Å². The van der Waals surface area contributed by atoms with Crippen LogP contribution in [0.4, 0.5) is 0 Å². The molecule has 0 atom stereocenters. The van der Waals surface area contributed by atoms with Gasteiger partial charge in [0.05, 0.1) is 31.0 Å². The van der Waals surface area contributed by atoms with Crippen molar-refractivity contribution in [1.82, 2.24) is 58.2 Å². The highest BCUT2D eigenvalue weighted by atomic mass is 35.5. The summed E-state index contributed by atoms with van der Waals surface area (Å²) >= 11 is 17.4. The molecule has 0 amide bonds. The molecule has 0 bridgehead atoms. The molecule has 18 nitrogen and oxygen atoms in total. The van der Waals surface area contributed by atoms with Crippen LogP contribution in [0.15, 0.2) is 102 Å². The summed E-state index contributed by atoms with van der Waals surface area (Å²) in [6, 6.07) is 15.6. The second-order valence-corrected chi connectivity index (χ2v) is 15.2. The second kappa shape index (κ2) is 16.6. The number of aryl methyl sites for hydroxylation is 2. The molecular formula is C38H35Cl3N12O6. The van der Waals surface area contributed by atoms with Gasteiger partial charge in [0.15, 0.2) is 22.3 Å². The van der Waals surface area contributed by atoms with Gasteiger partial charge >= 0.3 is 11.5 Å². The van der Waals surface area contributed by atoms with E-state index in [1.165, 1.54) is 46.8 Å². The van der Waals surface area contributed by atoms with Crippen molar-refractivity contribution in [3.05, 3.63) is 149 Å². The molecule has 6 heterocycles. The van der Waals surface area contributed by atoms with Crippen molar-refractivity contribution in [2.75, 3.05) is 0 Å². The van der Waals surface area contributed by atoms with Gasteiger partial charge in [0.1, 0.15) is 21.5 Å². The van der Waals surface area contributed by atoms with Crippen molar-refractivity contribution in [3.63, 3.8) is 0 Å². The first kappa shape index (κ1) is 37.2. The van der Waals surface area contributed by atoms with Crippen molar-refractivity contribution in [2.24, 2.45) is 14.1 Å². The molecule has 8 aromatic rings. The van der Waals surface area contributed by atoms with E-state index in [4.69, 9.17) is 46.4 Å². The highest BCUT2D eigenvalue weighted by Crippen LogP contribution is 2.45. The molecule has 2 saturated carbocycles. The fourth-order valence-corrected chi connectivity index (χ4v) is 7.40. The van der Waals surface area contributed by atoms with Crippen LogP contribution in [0.5, 0.6) is 0 Å². The predicted octanol–water partition coefficient (Wildman–Crippen LogP) is 5.10. The summed E-state index contributed by atoms with van der Waals surface area (Å²) in [7, 11) is 3.18. The number of nitrogens with zero attached hydrogens (tertiary/aromatic N) is 11. The fraction of sp³-hybridized carbons (Fsp3) is 0.316. The van der Waals surface area contributed by atoms with Crippen LogP contribution in [-0.4, -0.2) is 58.2 Å². The smallest absolute Gasteiger partial charge is 0.391 e. The summed E-state index contributed by atoms with van der Waals surface area (Å²) in [6.07, 6.45) is 5.90. The van der Waals surface area contributed by atoms with Crippen LogP contribution >= 0.6 is 34.8 Å². The third-order valence-electron chi connectivity index (χ3n) is 10.3. The molecule has 21 heteroatoms. The number of alkyl halides is 1. The summed E-state index contributed by atoms with van der Waals surface area (Å²) in [5.74, 6) is 0.363. The Bertz CT molecular complexity index is 3100. The zero-order valence-electron chi connectivity index (χ0n) is 33.3. The number of hydrogen-bond donors (Lipinski definition) is 1. The average Bonchev–Trinajstić information content (AvgIpc) is 3.93. The molecule has 0 radical (unpaired) electrons. The number of aromatic amines is 1. The van der Waals surface area contributed by atoms with Crippen LogP contribution in [0.3, 0.4) is 0 Å². The zero-order valence-corrected chi connectivity index (χ0v) is 33.6. The molecule has 10 rings (SSSR count). The Morgan fingerprint density at radius 3 is 1.71 bits per heavy atom. The summed E-state index contributed by atoms with van der Waals surface area (Å²) in [4.78, 5) is 65.8. The van der Waals surface area contributed by atoms with Gasteiger partial charge in [-0.25, -0.2) is 29.5 Å². The molecule has 0 saturated heterocycles. The molecule has 2 aliphatic rings. The Morgan fingerprint density at radius 1 is 0.712 bits per heavy atom. The van der Waals surface area contributed by atoms with Gasteiger partial charge in [-0.1, -0.05) is 47.5 Å². The lowest BCUT2D eigenvalue weighted by Gasteiger charge is -2.34. The lowest BCUT2D eigenvalue weighted by molar-refractivity contribution is 0.233. The predicted molar refractivity (Wildman–Crippen MR) is 217 cm³/mol. The third kappa shape index (κ3) is 8.28. The lowest BCUT2D eigenvalue weighted by atomic mass is 9.76. The second-order valence-electron chi connectivity index (χ2n) is 14.1. The first-order chi connectivity index (χ1) is 29.3. The van der Waals surface area contributed by atoms with Crippen LogP contribution < -0.4 is 22.6 Å². The van der Waals surface area contributed by atoms with Crippen LogP contribution in [0.25, 0.3) is 22.3 Å². The van der Waals surface area contributed by atoms with Crippen molar-refractivity contribution < 1.29 is 11.6 Å². The third-order valence-corrected chi connectivity index (χ3v) is 11.1. The van der Waals surface area contributed by atoms with E-state index in [2.05, 4.69) is 35.1 Å². The lowest BCUT2D eigenvalue weighted by Crippen LogP contribution is -2.31. The molecule has 6 aromatic heterocycles. The molecule has 0 aliphatic heterocycles. The number of hydrogen-bond acceptors (Lipinski definition) is 12. The minimum atomic E-state index is -0.541. The number of halogens is 3. The first-order valence-corrected chi connectivity index (χ1v) is 19.6. The molecule has 2 aliphatic carbocycles. The quantitative estimate of drug-likeness (QED) is 0.207. The maximum Gasteiger partial charge on any atom is 0.437 e. The summed E-state index contributed by atoms with van der Waals surface area (Å²) < 4.78 is 32.0. The van der Waals surface area contributed by atoms with Crippen molar-refractivity contribution in [2.45, 2.75) is 62.0 Å². The van der Waals surface area contributed by atoms with Crippen molar-refractivity contribution >= 4 is 57.1 Å². The Balaban J connectivity index is 0.000000141. The van der Waals surface area contributed by atoms with Crippen LogP contribution in [0.1, 0.15) is 75.3 Å². The van der Waals surface area contributed by atoms with Gasteiger partial charge in [0.25, 0.3) is 11.1 Å². The van der Waals surface area contributed by atoms with Gasteiger partial charge in [0.2, 0.25) is 11.8 Å². The summed E-state index contributed by atoms with van der Waals surface area (Å²) in [5, 5.41) is 9.79. The SMILES string of the molecule is O=c1oc(CCl)nn1C1CC(c2ccc(Cl)cc2)C1.[2H]c1nc2nc[nH]c(=O)c2n1C.[2H]c1nc2ncn(Cc3nn(C4CC(c5ccc(Cl)cc5)C4)c(=O)o3)c(=O)c2n1C. The molecule has 59 heavy (non-hydrogen) atoms. The van der Waals surface area contributed by atoms with Gasteiger partial charge in [-0.05, 0) is 72.9 Å². The van der Waals surface area contributed by atoms with E-state index < -0.39 is 11.5 Å². The van der Waals surface area contributed by atoms with Gasteiger partial charge in [-0.3, -0.25) is 14.2 Å². The topological polar surface area (TPSA) is 212 Å². The molecule has 304 valence electrons. The van der Waals surface area contributed by atoms with Crippen LogP contribution in [0.2, 0.25) is 10.0 Å². The minimum Gasteiger partial charge on any atom is -0.391 e. The molecule has 0 spiro atoms. The monoisotopic (exact) mass is 862 g/mol. The highest BCUT2D eigenvalue weighted by Gasteiger charge is 2.35.